The molecule has 2 aromatic rings. The molecule has 1 heterocycles. The average molecular weight is 318 g/mol. The molecule has 0 fully saturated rings. The van der Waals surface area contributed by atoms with Crippen molar-refractivity contribution in [3.05, 3.63) is 34.7 Å². The summed E-state index contributed by atoms with van der Waals surface area (Å²) in [6, 6.07) is 6.20. The summed E-state index contributed by atoms with van der Waals surface area (Å²) in [5.41, 5.74) is 0.848. The first-order valence-corrected chi connectivity index (χ1v) is 8.32. The third-order valence-corrected chi connectivity index (χ3v) is 4.97. The minimum atomic E-state index is -1.22. The van der Waals surface area contributed by atoms with Crippen molar-refractivity contribution in [1.82, 2.24) is 0 Å². The second-order valence-corrected chi connectivity index (χ2v) is 6.40. The first-order chi connectivity index (χ1) is 10.6. The lowest BCUT2D eigenvalue weighted by Crippen LogP contribution is -2.43. The number of ether oxygens (including phenoxy) is 2. The van der Waals surface area contributed by atoms with Crippen molar-refractivity contribution >= 4 is 33.4 Å². The molecule has 1 aromatic carbocycles. The second kappa shape index (κ2) is 5.72. The van der Waals surface area contributed by atoms with Crippen molar-refractivity contribution in [1.29, 1.82) is 0 Å². The van der Waals surface area contributed by atoms with Crippen LogP contribution in [0, 0.1) is 5.41 Å². The molecule has 0 saturated carbocycles. The van der Waals surface area contributed by atoms with Crippen LogP contribution in [0.15, 0.2) is 23.6 Å². The number of carbonyl (C=O) groups excluding carboxylic acids is 2. The van der Waals surface area contributed by atoms with E-state index in [0.29, 0.717) is 12.8 Å². The van der Waals surface area contributed by atoms with Gasteiger partial charge in [0.05, 0.1) is 13.2 Å². The molecule has 1 aromatic heterocycles. The van der Waals surface area contributed by atoms with Crippen molar-refractivity contribution in [2.75, 3.05) is 13.2 Å². The summed E-state index contributed by atoms with van der Waals surface area (Å²) in [5.74, 6) is -0.957. The summed E-state index contributed by atoms with van der Waals surface area (Å²) >= 11 is 1.66. The smallest absolute Gasteiger partial charge is 0.324 e. The monoisotopic (exact) mass is 318 g/mol. The Morgan fingerprint density at radius 3 is 2.27 bits per heavy atom. The summed E-state index contributed by atoms with van der Waals surface area (Å²) in [7, 11) is 0. The van der Waals surface area contributed by atoms with Gasteiger partial charge in [0, 0.05) is 4.70 Å². The molecule has 5 heteroatoms. The molecule has 1 aliphatic rings. The summed E-state index contributed by atoms with van der Waals surface area (Å²) in [6.45, 7) is 4.00. The number of carbonyl (C=O) groups is 2. The second-order valence-electron chi connectivity index (χ2n) is 5.46. The number of fused-ring (bicyclic) bond motifs is 2. The number of esters is 2. The van der Waals surface area contributed by atoms with Gasteiger partial charge in [-0.1, -0.05) is 0 Å². The SMILES string of the molecule is CCOC(=O)C1(C(=O)OCC)Cc2cc3ccsc3cc2C1. The third kappa shape index (κ3) is 2.29. The van der Waals surface area contributed by atoms with E-state index in [2.05, 4.69) is 18.2 Å². The van der Waals surface area contributed by atoms with Crippen molar-refractivity contribution in [2.45, 2.75) is 26.7 Å². The molecule has 0 saturated heterocycles. The lowest BCUT2D eigenvalue weighted by molar-refractivity contribution is -0.171. The van der Waals surface area contributed by atoms with Crippen molar-refractivity contribution < 1.29 is 19.1 Å². The van der Waals surface area contributed by atoms with Gasteiger partial charge in [0.2, 0.25) is 0 Å². The molecule has 0 N–H and O–H groups in total. The number of thiophene rings is 1. The summed E-state index contributed by atoms with van der Waals surface area (Å²) in [5, 5.41) is 3.19. The molecule has 3 rings (SSSR count). The maximum absolute atomic E-state index is 12.5. The van der Waals surface area contributed by atoms with E-state index in [1.54, 1.807) is 25.2 Å². The fourth-order valence-electron chi connectivity index (χ4n) is 3.05. The minimum Gasteiger partial charge on any atom is -0.465 e. The molecule has 0 spiro atoms. The molecule has 0 radical (unpaired) electrons. The Morgan fingerprint density at radius 2 is 1.68 bits per heavy atom. The molecule has 0 unspecified atom stereocenters. The highest BCUT2D eigenvalue weighted by Crippen LogP contribution is 2.41. The van der Waals surface area contributed by atoms with Gasteiger partial charge in [-0.05, 0) is 66.8 Å². The van der Waals surface area contributed by atoms with E-state index in [-0.39, 0.29) is 13.2 Å². The van der Waals surface area contributed by atoms with Crippen LogP contribution < -0.4 is 0 Å². The van der Waals surface area contributed by atoms with Gasteiger partial charge in [0.1, 0.15) is 0 Å². The van der Waals surface area contributed by atoms with E-state index < -0.39 is 17.4 Å². The highest BCUT2D eigenvalue weighted by molar-refractivity contribution is 7.17. The number of benzene rings is 1. The van der Waals surface area contributed by atoms with E-state index in [0.717, 1.165) is 16.5 Å². The van der Waals surface area contributed by atoms with Gasteiger partial charge >= 0.3 is 11.9 Å². The zero-order valence-corrected chi connectivity index (χ0v) is 13.5. The lowest BCUT2D eigenvalue weighted by atomic mass is 9.85. The van der Waals surface area contributed by atoms with Crippen LogP contribution in [0.2, 0.25) is 0 Å². The van der Waals surface area contributed by atoms with Gasteiger partial charge < -0.3 is 9.47 Å². The minimum absolute atomic E-state index is 0.255. The van der Waals surface area contributed by atoms with E-state index in [4.69, 9.17) is 9.47 Å². The first kappa shape index (κ1) is 15.0. The van der Waals surface area contributed by atoms with Gasteiger partial charge in [0.25, 0.3) is 0 Å². The van der Waals surface area contributed by atoms with Crippen LogP contribution in [0.5, 0.6) is 0 Å². The van der Waals surface area contributed by atoms with Crippen LogP contribution in [0.25, 0.3) is 10.1 Å². The maximum atomic E-state index is 12.5. The van der Waals surface area contributed by atoms with Crippen LogP contribution in [0.4, 0.5) is 0 Å². The molecule has 4 nitrogen and oxygen atoms in total. The molecular weight excluding hydrogens is 300 g/mol. The average Bonchev–Trinajstić information content (AvgIpc) is 3.08. The van der Waals surface area contributed by atoms with Gasteiger partial charge in [0.15, 0.2) is 5.41 Å². The van der Waals surface area contributed by atoms with E-state index in [1.165, 1.54) is 4.70 Å². The van der Waals surface area contributed by atoms with E-state index in [9.17, 15) is 9.59 Å². The molecule has 0 amide bonds. The Labute approximate surface area is 133 Å². The number of rotatable bonds is 4. The summed E-state index contributed by atoms with van der Waals surface area (Å²) in [6.07, 6.45) is 0.708. The summed E-state index contributed by atoms with van der Waals surface area (Å²) in [4.78, 5) is 24.9. The zero-order valence-electron chi connectivity index (χ0n) is 12.7. The Morgan fingerprint density at radius 1 is 1.09 bits per heavy atom. The predicted octanol–water partition coefficient (Wildman–Crippen LogP) is 3.11. The number of hydrogen-bond acceptors (Lipinski definition) is 5. The first-order valence-electron chi connectivity index (χ1n) is 7.44. The maximum Gasteiger partial charge on any atom is 0.324 e. The zero-order chi connectivity index (χ0) is 15.7. The third-order valence-electron chi connectivity index (χ3n) is 4.09. The molecule has 0 aliphatic heterocycles. The normalized spacial score (nSPS) is 15.5. The molecule has 0 bridgehead atoms. The van der Waals surface area contributed by atoms with Crippen LogP contribution in [-0.4, -0.2) is 25.2 Å². The van der Waals surface area contributed by atoms with Gasteiger partial charge in [-0.2, -0.15) is 0 Å². The largest absolute Gasteiger partial charge is 0.465 e. The Kier molecular flexibility index (Phi) is 3.91. The number of hydrogen-bond donors (Lipinski definition) is 0. The van der Waals surface area contributed by atoms with Crippen LogP contribution in [-0.2, 0) is 31.9 Å². The topological polar surface area (TPSA) is 52.6 Å². The van der Waals surface area contributed by atoms with E-state index in [1.807, 2.05) is 5.38 Å². The Bertz CT molecular complexity index is 671. The van der Waals surface area contributed by atoms with Crippen molar-refractivity contribution in [3.8, 4) is 0 Å². The van der Waals surface area contributed by atoms with Crippen molar-refractivity contribution in [2.24, 2.45) is 5.41 Å². The van der Waals surface area contributed by atoms with Crippen molar-refractivity contribution in [3.63, 3.8) is 0 Å². The molecule has 0 atom stereocenters. The Hall–Kier alpha value is -1.88. The van der Waals surface area contributed by atoms with Gasteiger partial charge in [-0.3, -0.25) is 9.59 Å². The fraction of sp³-hybridized carbons (Fsp3) is 0.412. The highest BCUT2D eigenvalue weighted by Gasteiger charge is 2.53. The summed E-state index contributed by atoms with van der Waals surface area (Å²) < 4.78 is 11.5. The molecule has 116 valence electrons. The predicted molar refractivity (Wildman–Crippen MR) is 84.9 cm³/mol. The van der Waals surface area contributed by atoms with E-state index >= 15 is 0 Å². The highest BCUT2D eigenvalue weighted by atomic mass is 32.1. The quantitative estimate of drug-likeness (QED) is 0.642. The standard InChI is InChI=1S/C17H18O4S/c1-3-20-15(18)17(16(19)21-4-2)9-12-7-11-5-6-22-14(11)8-13(12)10-17/h5-8H,3-4,9-10H2,1-2H3. The lowest BCUT2D eigenvalue weighted by Gasteiger charge is -2.23. The molecule has 22 heavy (non-hydrogen) atoms. The van der Waals surface area contributed by atoms with Crippen LogP contribution >= 0.6 is 11.3 Å². The van der Waals surface area contributed by atoms with Crippen LogP contribution in [0.3, 0.4) is 0 Å². The van der Waals surface area contributed by atoms with Gasteiger partial charge in [-0.25, -0.2) is 0 Å². The Balaban J connectivity index is 2.01. The van der Waals surface area contributed by atoms with Crippen LogP contribution in [0.1, 0.15) is 25.0 Å². The fourth-order valence-corrected chi connectivity index (χ4v) is 3.89. The molecule has 1 aliphatic carbocycles. The molecular formula is C17H18O4S. The van der Waals surface area contributed by atoms with Gasteiger partial charge in [-0.15, -0.1) is 11.3 Å².